The van der Waals surface area contributed by atoms with E-state index in [0.717, 1.165) is 37.2 Å². The van der Waals surface area contributed by atoms with Gasteiger partial charge in [0.15, 0.2) is 0 Å². The number of anilines is 2. The van der Waals surface area contributed by atoms with Crippen LogP contribution in [0, 0.1) is 5.92 Å². The van der Waals surface area contributed by atoms with Crippen LogP contribution < -0.4 is 20.1 Å². The van der Waals surface area contributed by atoms with Crippen molar-refractivity contribution in [2.45, 2.75) is 89.8 Å². The topological polar surface area (TPSA) is 76.7 Å². The molecule has 2 saturated carbocycles. The van der Waals surface area contributed by atoms with Crippen molar-refractivity contribution in [3.63, 3.8) is 0 Å². The molecule has 2 aliphatic carbocycles. The maximum Gasteiger partial charge on any atom is 0.224 e. The van der Waals surface area contributed by atoms with E-state index in [4.69, 9.17) is 9.47 Å². The second-order valence-corrected chi connectivity index (χ2v) is 9.99. The summed E-state index contributed by atoms with van der Waals surface area (Å²) in [5.74, 6) is 1.43. The molecule has 0 spiro atoms. The highest BCUT2D eigenvalue weighted by Gasteiger charge is 2.20. The van der Waals surface area contributed by atoms with Gasteiger partial charge in [-0.25, -0.2) is 0 Å². The second kappa shape index (κ2) is 12.6. The third-order valence-electron chi connectivity index (χ3n) is 6.91. The summed E-state index contributed by atoms with van der Waals surface area (Å²) in [6, 6.07) is 15.2. The molecule has 6 nitrogen and oxygen atoms in total. The summed E-state index contributed by atoms with van der Waals surface area (Å²) in [5.41, 5.74) is 1.43. The lowest BCUT2D eigenvalue weighted by molar-refractivity contribution is -0.118. The molecule has 2 amide bonds. The van der Waals surface area contributed by atoms with Crippen molar-refractivity contribution in [3.8, 4) is 11.5 Å². The van der Waals surface area contributed by atoms with E-state index in [-0.39, 0.29) is 29.9 Å². The van der Waals surface area contributed by atoms with Gasteiger partial charge in [0.05, 0.1) is 23.6 Å². The highest BCUT2D eigenvalue weighted by Crippen LogP contribution is 2.31. The van der Waals surface area contributed by atoms with Gasteiger partial charge in [-0.05, 0) is 88.0 Å². The molecule has 2 aromatic rings. The van der Waals surface area contributed by atoms with Gasteiger partial charge in [-0.15, -0.1) is 0 Å². The number of carbonyl (C=O) groups is 2. The van der Waals surface area contributed by atoms with Crippen molar-refractivity contribution in [2.75, 3.05) is 10.6 Å². The Hall–Kier alpha value is -3.02. The molecule has 4 rings (SSSR count). The summed E-state index contributed by atoms with van der Waals surface area (Å²) in [7, 11) is 0. The predicted octanol–water partition coefficient (Wildman–Crippen LogP) is 6.71. The zero-order valence-electron chi connectivity index (χ0n) is 20.8. The van der Waals surface area contributed by atoms with Crippen LogP contribution in [0.4, 0.5) is 11.4 Å². The maximum absolute atomic E-state index is 12.7. The lowest BCUT2D eigenvalue weighted by Crippen LogP contribution is -2.19. The first-order valence-electron chi connectivity index (χ1n) is 13.2. The highest BCUT2D eigenvalue weighted by molar-refractivity contribution is 5.93. The number of hydrogen-bond donors (Lipinski definition) is 2. The molecule has 2 aliphatic rings. The molecule has 1 unspecified atom stereocenters. The van der Waals surface area contributed by atoms with Gasteiger partial charge in [-0.1, -0.05) is 31.2 Å². The summed E-state index contributed by atoms with van der Waals surface area (Å²) in [4.78, 5) is 25.3. The van der Waals surface area contributed by atoms with Crippen LogP contribution >= 0.6 is 0 Å². The predicted molar refractivity (Wildman–Crippen MR) is 139 cm³/mol. The van der Waals surface area contributed by atoms with Crippen molar-refractivity contribution in [3.05, 3.63) is 48.5 Å². The van der Waals surface area contributed by atoms with Crippen LogP contribution in [0.3, 0.4) is 0 Å². The monoisotopic (exact) mass is 478 g/mol. The fourth-order valence-corrected chi connectivity index (χ4v) is 4.93. The van der Waals surface area contributed by atoms with Gasteiger partial charge < -0.3 is 20.1 Å². The normalized spacial score (nSPS) is 17.2. The van der Waals surface area contributed by atoms with Gasteiger partial charge in [0, 0.05) is 12.8 Å². The highest BCUT2D eigenvalue weighted by atomic mass is 16.5. The van der Waals surface area contributed by atoms with E-state index >= 15 is 0 Å². The zero-order valence-corrected chi connectivity index (χ0v) is 20.8. The molecule has 188 valence electrons. The molecule has 0 bridgehead atoms. The number of carbonyl (C=O) groups excluding carboxylic acids is 2. The Bertz CT molecular complexity index is 980. The van der Waals surface area contributed by atoms with E-state index in [2.05, 4.69) is 10.6 Å². The van der Waals surface area contributed by atoms with Crippen LogP contribution in [-0.4, -0.2) is 24.0 Å². The molecule has 0 saturated heterocycles. The SMILES string of the molecule is CC(CCC(=O)Nc1ccccc1OC1CCCC1)CC(=O)Nc1ccccc1OC1CCCC1. The number of para-hydroxylation sites is 4. The number of ether oxygens (including phenoxy) is 2. The van der Waals surface area contributed by atoms with Gasteiger partial charge in [0.2, 0.25) is 11.8 Å². The van der Waals surface area contributed by atoms with Crippen molar-refractivity contribution in [1.29, 1.82) is 0 Å². The Morgan fingerprint density at radius 3 is 1.74 bits per heavy atom. The third kappa shape index (κ3) is 7.74. The van der Waals surface area contributed by atoms with Crippen molar-refractivity contribution < 1.29 is 19.1 Å². The molecular weight excluding hydrogens is 440 g/mol. The van der Waals surface area contributed by atoms with Gasteiger partial charge in [0.1, 0.15) is 11.5 Å². The van der Waals surface area contributed by atoms with E-state index in [1.807, 2.05) is 55.5 Å². The first kappa shape index (κ1) is 25.1. The summed E-state index contributed by atoms with van der Waals surface area (Å²) in [6.07, 6.45) is 10.9. The van der Waals surface area contributed by atoms with Gasteiger partial charge in [-0.3, -0.25) is 9.59 Å². The maximum atomic E-state index is 12.7. The molecule has 2 aromatic carbocycles. The Balaban J connectivity index is 1.22. The minimum Gasteiger partial charge on any atom is -0.488 e. The molecule has 1 atom stereocenters. The van der Waals surface area contributed by atoms with E-state index in [1.54, 1.807) is 0 Å². The van der Waals surface area contributed by atoms with Gasteiger partial charge in [-0.2, -0.15) is 0 Å². The van der Waals surface area contributed by atoms with E-state index in [1.165, 1.54) is 25.7 Å². The average Bonchev–Trinajstić information content (AvgIpc) is 3.55. The third-order valence-corrected chi connectivity index (χ3v) is 6.91. The van der Waals surface area contributed by atoms with Crippen LogP contribution in [0.2, 0.25) is 0 Å². The molecule has 0 aromatic heterocycles. The van der Waals surface area contributed by atoms with Crippen molar-refractivity contribution in [2.24, 2.45) is 5.92 Å². The first-order valence-corrected chi connectivity index (χ1v) is 13.2. The molecular formula is C29H38N2O4. The molecule has 35 heavy (non-hydrogen) atoms. The lowest BCUT2D eigenvalue weighted by atomic mass is 10.0. The molecule has 2 fully saturated rings. The van der Waals surface area contributed by atoms with E-state index in [0.29, 0.717) is 30.6 Å². The summed E-state index contributed by atoms with van der Waals surface area (Å²) < 4.78 is 12.2. The number of hydrogen-bond acceptors (Lipinski definition) is 4. The Labute approximate surface area is 208 Å². The smallest absolute Gasteiger partial charge is 0.224 e. The van der Waals surface area contributed by atoms with E-state index < -0.39 is 0 Å². The van der Waals surface area contributed by atoms with Crippen LogP contribution in [0.1, 0.15) is 77.6 Å². The fourth-order valence-electron chi connectivity index (χ4n) is 4.93. The van der Waals surface area contributed by atoms with Crippen LogP contribution in [-0.2, 0) is 9.59 Å². The number of amides is 2. The van der Waals surface area contributed by atoms with Gasteiger partial charge in [0.25, 0.3) is 0 Å². The Kier molecular flexibility index (Phi) is 9.04. The summed E-state index contributed by atoms with van der Waals surface area (Å²) in [5, 5.41) is 6.00. The molecule has 0 heterocycles. The minimum atomic E-state index is -0.0601. The zero-order chi connectivity index (χ0) is 24.5. The molecule has 0 radical (unpaired) electrons. The van der Waals surface area contributed by atoms with Gasteiger partial charge >= 0.3 is 0 Å². The van der Waals surface area contributed by atoms with Crippen LogP contribution in [0.15, 0.2) is 48.5 Å². The van der Waals surface area contributed by atoms with Crippen LogP contribution in [0.5, 0.6) is 11.5 Å². The molecule has 0 aliphatic heterocycles. The summed E-state index contributed by atoms with van der Waals surface area (Å²) >= 11 is 0. The average molecular weight is 479 g/mol. The van der Waals surface area contributed by atoms with Crippen LogP contribution in [0.25, 0.3) is 0 Å². The fraction of sp³-hybridized carbons (Fsp3) is 0.517. The standard InChI is InChI=1S/C29H38N2O4/c1-21(20-29(33)31-25-15-7-9-17-27(25)35-23-12-4-5-13-23)18-19-28(32)30-24-14-6-8-16-26(24)34-22-10-2-3-11-22/h6-9,14-17,21-23H,2-5,10-13,18-20H2,1H3,(H,30,32)(H,31,33). The minimum absolute atomic E-state index is 0.0595. The second-order valence-electron chi connectivity index (χ2n) is 9.99. The number of rotatable bonds is 11. The number of nitrogens with one attached hydrogen (secondary N) is 2. The Morgan fingerprint density at radius 2 is 1.23 bits per heavy atom. The van der Waals surface area contributed by atoms with Crippen molar-refractivity contribution in [1.82, 2.24) is 0 Å². The van der Waals surface area contributed by atoms with E-state index in [9.17, 15) is 9.59 Å². The number of benzene rings is 2. The summed E-state index contributed by atoms with van der Waals surface area (Å²) in [6.45, 7) is 2.00. The largest absolute Gasteiger partial charge is 0.488 e. The molecule has 2 N–H and O–H groups in total. The quantitative estimate of drug-likeness (QED) is 0.376. The Morgan fingerprint density at radius 1 is 0.771 bits per heavy atom. The van der Waals surface area contributed by atoms with Crippen molar-refractivity contribution >= 4 is 23.2 Å². The molecule has 6 heteroatoms. The first-order chi connectivity index (χ1) is 17.1. The lowest BCUT2D eigenvalue weighted by Gasteiger charge is -2.18.